The third kappa shape index (κ3) is 2.88. The number of hydrogen-bond acceptors (Lipinski definition) is 4. The van der Waals surface area contributed by atoms with E-state index in [-0.39, 0.29) is 29.7 Å². The first-order valence-electron chi connectivity index (χ1n) is 10.1. The summed E-state index contributed by atoms with van der Waals surface area (Å²) in [6.07, 6.45) is 5.56. The molecule has 0 aliphatic carbocycles. The molecule has 2 fully saturated rings. The van der Waals surface area contributed by atoms with Crippen molar-refractivity contribution in [2.24, 2.45) is 11.8 Å². The van der Waals surface area contributed by atoms with Crippen LogP contribution < -0.4 is 0 Å². The monoisotopic (exact) mass is 389 g/mol. The van der Waals surface area contributed by atoms with Gasteiger partial charge in [-0.1, -0.05) is 37.3 Å². The summed E-state index contributed by atoms with van der Waals surface area (Å²) in [7, 11) is 0. The second kappa shape index (κ2) is 6.99. The summed E-state index contributed by atoms with van der Waals surface area (Å²) in [5.41, 5.74) is 2.26. The van der Waals surface area contributed by atoms with E-state index < -0.39 is 0 Å². The molecule has 2 saturated heterocycles. The lowest BCUT2D eigenvalue weighted by Crippen LogP contribution is -2.37. The number of hydrogen-bond donors (Lipinski definition) is 0. The average Bonchev–Trinajstić information content (AvgIpc) is 3.45. The van der Waals surface area contributed by atoms with E-state index in [1.54, 1.807) is 29.2 Å². The van der Waals surface area contributed by atoms with Crippen molar-refractivity contribution in [3.8, 4) is 0 Å². The van der Waals surface area contributed by atoms with Crippen molar-refractivity contribution in [1.82, 2.24) is 24.4 Å². The van der Waals surface area contributed by atoms with Crippen LogP contribution in [-0.4, -0.2) is 55.8 Å². The van der Waals surface area contributed by atoms with Crippen LogP contribution in [0.4, 0.5) is 0 Å². The smallest absolute Gasteiger partial charge is 0.259 e. The first-order chi connectivity index (χ1) is 14.2. The van der Waals surface area contributed by atoms with Crippen molar-refractivity contribution in [3.05, 3.63) is 66.1 Å². The fourth-order valence-electron chi connectivity index (χ4n) is 4.90. The molecule has 3 atom stereocenters. The van der Waals surface area contributed by atoms with Crippen LogP contribution in [0.25, 0.3) is 5.65 Å². The van der Waals surface area contributed by atoms with Crippen molar-refractivity contribution in [2.45, 2.75) is 19.4 Å². The van der Waals surface area contributed by atoms with Gasteiger partial charge >= 0.3 is 0 Å². The molecule has 0 spiro atoms. The van der Waals surface area contributed by atoms with Gasteiger partial charge in [-0.2, -0.15) is 5.10 Å². The van der Waals surface area contributed by atoms with Gasteiger partial charge in [-0.05, 0) is 11.6 Å². The normalized spacial score (nSPS) is 23.6. The average molecular weight is 389 g/mol. The van der Waals surface area contributed by atoms with Crippen LogP contribution in [0.2, 0.25) is 0 Å². The largest absolute Gasteiger partial charge is 0.338 e. The van der Waals surface area contributed by atoms with Crippen LogP contribution >= 0.6 is 0 Å². The standard InChI is InChI=1S/C22H23N5O2/c1-2-19(28)26-13-16-12-25(14-18(16)20(26)15-7-4-3-5-8-15)22(29)17-11-24-27-10-6-9-23-21(17)27/h3-11,16,18,20H,2,12-14H2,1H3/t16-,18-,20+/m0/s1. The molecule has 0 radical (unpaired) electrons. The fraction of sp³-hybridized carbons (Fsp3) is 0.364. The van der Waals surface area contributed by atoms with Gasteiger partial charge in [0, 0.05) is 50.3 Å². The molecule has 3 aromatic rings. The molecule has 7 nitrogen and oxygen atoms in total. The number of nitrogens with zero attached hydrogens (tertiary/aromatic N) is 5. The van der Waals surface area contributed by atoms with Crippen molar-refractivity contribution in [2.75, 3.05) is 19.6 Å². The Hall–Kier alpha value is -3.22. The van der Waals surface area contributed by atoms with Crippen LogP contribution in [0.1, 0.15) is 35.3 Å². The number of amides is 2. The number of aromatic nitrogens is 3. The van der Waals surface area contributed by atoms with Gasteiger partial charge in [-0.25, -0.2) is 9.50 Å². The minimum atomic E-state index is -0.0340. The zero-order chi connectivity index (χ0) is 20.0. The molecule has 148 valence electrons. The predicted molar refractivity (Wildman–Crippen MR) is 107 cm³/mol. The molecule has 0 N–H and O–H groups in total. The minimum absolute atomic E-state index is 0.0217. The number of fused-ring (bicyclic) bond motifs is 2. The Morgan fingerprint density at radius 3 is 2.72 bits per heavy atom. The molecule has 0 saturated carbocycles. The van der Waals surface area contributed by atoms with Gasteiger partial charge in [-0.15, -0.1) is 0 Å². The van der Waals surface area contributed by atoms with Gasteiger partial charge in [0.15, 0.2) is 5.65 Å². The van der Waals surface area contributed by atoms with E-state index in [0.29, 0.717) is 37.3 Å². The maximum atomic E-state index is 13.2. The maximum absolute atomic E-state index is 13.2. The maximum Gasteiger partial charge on any atom is 0.259 e. The number of benzene rings is 1. The fourth-order valence-corrected chi connectivity index (χ4v) is 4.90. The van der Waals surface area contributed by atoms with Gasteiger partial charge in [0.1, 0.15) is 5.56 Å². The topological polar surface area (TPSA) is 70.8 Å². The van der Waals surface area contributed by atoms with E-state index >= 15 is 0 Å². The Morgan fingerprint density at radius 1 is 1.10 bits per heavy atom. The van der Waals surface area contributed by atoms with Crippen molar-refractivity contribution in [3.63, 3.8) is 0 Å². The summed E-state index contributed by atoms with van der Waals surface area (Å²) in [6.45, 7) is 3.91. The summed E-state index contributed by atoms with van der Waals surface area (Å²) in [4.78, 5) is 34.1. The molecule has 5 rings (SSSR count). The molecule has 2 amide bonds. The Kier molecular flexibility index (Phi) is 4.30. The predicted octanol–water partition coefficient (Wildman–Crippen LogP) is 2.41. The number of carbonyl (C=O) groups is 2. The van der Waals surface area contributed by atoms with Crippen LogP contribution in [0.15, 0.2) is 55.0 Å². The molecule has 0 unspecified atom stereocenters. The lowest BCUT2D eigenvalue weighted by atomic mass is 9.89. The zero-order valence-electron chi connectivity index (χ0n) is 16.3. The van der Waals surface area contributed by atoms with Crippen molar-refractivity contribution < 1.29 is 9.59 Å². The van der Waals surface area contributed by atoms with Crippen LogP contribution in [-0.2, 0) is 4.79 Å². The van der Waals surface area contributed by atoms with Gasteiger partial charge < -0.3 is 9.80 Å². The van der Waals surface area contributed by atoms with E-state index in [9.17, 15) is 9.59 Å². The SMILES string of the molecule is CCC(=O)N1C[C@@H]2CN(C(=O)c3cnn4cccnc34)C[C@@H]2[C@H]1c1ccccc1. The Morgan fingerprint density at radius 2 is 1.93 bits per heavy atom. The highest BCUT2D eigenvalue weighted by Gasteiger charge is 2.49. The molecule has 0 bridgehead atoms. The molecular weight excluding hydrogens is 366 g/mol. The summed E-state index contributed by atoms with van der Waals surface area (Å²) in [5.74, 6) is 0.673. The van der Waals surface area contributed by atoms with Crippen molar-refractivity contribution in [1.29, 1.82) is 0 Å². The molecule has 2 aliphatic rings. The molecule has 2 aliphatic heterocycles. The van der Waals surface area contributed by atoms with E-state index in [2.05, 4.69) is 22.2 Å². The lowest BCUT2D eigenvalue weighted by molar-refractivity contribution is -0.132. The lowest BCUT2D eigenvalue weighted by Gasteiger charge is -2.29. The minimum Gasteiger partial charge on any atom is -0.338 e. The van der Waals surface area contributed by atoms with Gasteiger partial charge in [0.2, 0.25) is 5.91 Å². The van der Waals surface area contributed by atoms with Gasteiger partial charge in [-0.3, -0.25) is 9.59 Å². The quantitative estimate of drug-likeness (QED) is 0.690. The van der Waals surface area contributed by atoms with E-state index in [0.717, 1.165) is 5.56 Å². The highest BCUT2D eigenvalue weighted by atomic mass is 16.2. The number of carbonyl (C=O) groups excluding carboxylic acids is 2. The molecule has 29 heavy (non-hydrogen) atoms. The summed E-state index contributed by atoms with van der Waals surface area (Å²) in [5, 5.41) is 4.25. The zero-order valence-corrected chi connectivity index (χ0v) is 16.3. The van der Waals surface area contributed by atoms with Gasteiger partial charge in [0.05, 0.1) is 12.2 Å². The Bertz CT molecular complexity index is 1060. The second-order valence-corrected chi connectivity index (χ2v) is 7.84. The second-order valence-electron chi connectivity index (χ2n) is 7.84. The van der Waals surface area contributed by atoms with Crippen molar-refractivity contribution >= 4 is 17.5 Å². The highest BCUT2D eigenvalue weighted by molar-refractivity contribution is 5.99. The third-order valence-corrected chi connectivity index (χ3v) is 6.22. The first kappa shape index (κ1) is 17.8. The molecule has 7 heteroatoms. The van der Waals surface area contributed by atoms with Gasteiger partial charge in [0.25, 0.3) is 5.91 Å². The highest BCUT2D eigenvalue weighted by Crippen LogP contribution is 2.45. The number of likely N-dealkylation sites (tertiary alicyclic amines) is 2. The van der Waals surface area contributed by atoms with E-state index in [1.807, 2.05) is 34.9 Å². The number of rotatable bonds is 3. The molecular formula is C22H23N5O2. The first-order valence-corrected chi connectivity index (χ1v) is 10.1. The summed E-state index contributed by atoms with van der Waals surface area (Å²) < 4.78 is 1.62. The molecule has 1 aromatic carbocycles. The Labute approximate surface area is 168 Å². The van der Waals surface area contributed by atoms with E-state index in [1.165, 1.54) is 0 Å². The summed E-state index contributed by atoms with van der Waals surface area (Å²) >= 11 is 0. The van der Waals surface area contributed by atoms with Crippen LogP contribution in [0.3, 0.4) is 0 Å². The van der Waals surface area contributed by atoms with E-state index in [4.69, 9.17) is 0 Å². The Balaban J connectivity index is 1.43. The molecule has 4 heterocycles. The van der Waals surface area contributed by atoms with Crippen LogP contribution in [0.5, 0.6) is 0 Å². The van der Waals surface area contributed by atoms with Crippen LogP contribution in [0, 0.1) is 11.8 Å². The summed E-state index contributed by atoms with van der Waals surface area (Å²) in [6, 6.07) is 12.0. The molecule has 2 aromatic heterocycles. The third-order valence-electron chi connectivity index (χ3n) is 6.22.